The lowest BCUT2D eigenvalue weighted by Crippen LogP contribution is -2.46. The number of methoxy groups -OCH3 is 1. The van der Waals surface area contributed by atoms with E-state index in [0.29, 0.717) is 24.2 Å². The lowest BCUT2D eigenvalue weighted by Gasteiger charge is -2.39. The minimum absolute atomic E-state index is 0.0787. The number of benzene rings is 3. The van der Waals surface area contributed by atoms with E-state index < -0.39 is 41.0 Å². The molecule has 4 rings (SSSR count). The number of halogens is 4. The van der Waals surface area contributed by atoms with Crippen molar-refractivity contribution in [2.24, 2.45) is 5.41 Å². The smallest absolute Gasteiger partial charge is 0.337 e. The lowest BCUT2D eigenvalue weighted by molar-refractivity contribution is 0.0600. The van der Waals surface area contributed by atoms with Crippen LogP contribution in [0, 0.1) is 28.4 Å². The molecular formula is C34H37Cl2F2N3O3. The summed E-state index contributed by atoms with van der Waals surface area (Å²) >= 11 is 12.4. The zero-order chi connectivity index (χ0) is 32.2. The molecule has 3 aromatic carbocycles. The highest BCUT2D eigenvalue weighted by Gasteiger charge is 2.62. The first-order valence-corrected chi connectivity index (χ1v) is 15.2. The van der Waals surface area contributed by atoms with Crippen molar-refractivity contribution >= 4 is 34.9 Å². The molecule has 0 aromatic heterocycles. The summed E-state index contributed by atoms with van der Waals surface area (Å²) in [4.78, 5) is 13.9. The van der Waals surface area contributed by atoms with Crippen molar-refractivity contribution in [3.05, 3.63) is 99.0 Å². The summed E-state index contributed by atoms with van der Waals surface area (Å²) in [5, 5.41) is 14.4. The van der Waals surface area contributed by atoms with E-state index in [4.69, 9.17) is 32.7 Å². The molecule has 0 aliphatic carbocycles. The maximum absolute atomic E-state index is 15.9. The first-order valence-electron chi connectivity index (χ1n) is 14.4. The maximum atomic E-state index is 15.9. The minimum Gasteiger partial charge on any atom is -0.465 e. The number of carbonyl (C=O) groups excluding carboxylic acids is 1. The molecular weight excluding hydrogens is 607 g/mol. The van der Waals surface area contributed by atoms with Gasteiger partial charge in [0.1, 0.15) is 23.8 Å². The Morgan fingerprint density at radius 2 is 1.82 bits per heavy atom. The molecule has 4 unspecified atom stereocenters. The van der Waals surface area contributed by atoms with E-state index in [0.717, 1.165) is 0 Å². The van der Waals surface area contributed by atoms with Gasteiger partial charge in [-0.3, -0.25) is 4.90 Å². The maximum Gasteiger partial charge on any atom is 0.337 e. The van der Waals surface area contributed by atoms with E-state index in [9.17, 15) is 10.1 Å². The Kier molecular flexibility index (Phi) is 10.6. The lowest BCUT2D eigenvalue weighted by atomic mass is 9.62. The van der Waals surface area contributed by atoms with Gasteiger partial charge in [0.15, 0.2) is 0 Å². The fourth-order valence-electron chi connectivity index (χ4n) is 6.45. The molecule has 10 heteroatoms. The first-order chi connectivity index (χ1) is 20.9. The van der Waals surface area contributed by atoms with E-state index in [1.807, 2.05) is 6.92 Å². The van der Waals surface area contributed by atoms with Gasteiger partial charge in [0.2, 0.25) is 0 Å². The van der Waals surface area contributed by atoms with Crippen LogP contribution < -0.4 is 5.32 Å². The summed E-state index contributed by atoms with van der Waals surface area (Å²) in [6, 6.07) is 17.3. The van der Waals surface area contributed by atoms with E-state index >= 15 is 8.78 Å². The molecule has 4 atom stereocenters. The number of nitrogens with one attached hydrogen (secondary N) is 1. The number of anilines is 1. The van der Waals surface area contributed by atoms with Crippen LogP contribution >= 0.6 is 23.2 Å². The molecule has 6 nitrogen and oxygen atoms in total. The van der Waals surface area contributed by atoms with Gasteiger partial charge in [-0.1, -0.05) is 69.1 Å². The second-order valence-electron chi connectivity index (χ2n) is 12.2. The third-order valence-electron chi connectivity index (χ3n) is 8.25. The van der Waals surface area contributed by atoms with Crippen LogP contribution in [0.4, 0.5) is 14.5 Å². The van der Waals surface area contributed by atoms with Crippen LogP contribution in [0.15, 0.2) is 60.7 Å². The Morgan fingerprint density at radius 3 is 2.41 bits per heavy atom. The Bertz CT molecular complexity index is 1520. The van der Waals surface area contributed by atoms with Crippen molar-refractivity contribution in [1.82, 2.24) is 4.90 Å². The van der Waals surface area contributed by atoms with Gasteiger partial charge in [-0.2, -0.15) is 5.26 Å². The number of nitrogens with zero attached hydrogens (tertiary/aromatic N) is 2. The van der Waals surface area contributed by atoms with Crippen molar-refractivity contribution < 1.29 is 23.0 Å². The Hall–Kier alpha value is -3.22. The van der Waals surface area contributed by atoms with Crippen molar-refractivity contribution in [1.29, 1.82) is 5.26 Å². The molecule has 1 fully saturated rings. The van der Waals surface area contributed by atoms with E-state index in [-0.39, 0.29) is 39.9 Å². The SMILES string of the molecule is CCN1C(COCNc2ccc(C(=O)OC)cc2)C(c2cccc(Cl)c2F)C(C#N)(c2ccc(Cl)cc2F)C1CC(C)(C)C. The monoisotopic (exact) mass is 643 g/mol. The second-order valence-corrected chi connectivity index (χ2v) is 13.0. The number of rotatable bonds is 10. The fraction of sp³-hybridized carbons (Fsp3) is 0.412. The number of hydrogen-bond donors (Lipinski definition) is 1. The molecule has 234 valence electrons. The van der Waals surface area contributed by atoms with E-state index in [1.165, 1.54) is 19.2 Å². The van der Waals surface area contributed by atoms with Crippen LogP contribution in [-0.4, -0.2) is 49.9 Å². The number of nitriles is 1. The Labute approximate surface area is 267 Å². The average molecular weight is 645 g/mol. The molecule has 1 aliphatic heterocycles. The summed E-state index contributed by atoms with van der Waals surface area (Å²) < 4.78 is 42.8. The van der Waals surface area contributed by atoms with Gasteiger partial charge in [0.05, 0.1) is 30.4 Å². The summed E-state index contributed by atoms with van der Waals surface area (Å²) in [6.45, 7) is 8.88. The van der Waals surface area contributed by atoms with Gasteiger partial charge in [0.25, 0.3) is 0 Å². The first kappa shape index (κ1) is 33.7. The molecule has 0 amide bonds. The second kappa shape index (κ2) is 13.8. The normalized spacial score (nSPS) is 22.0. The Morgan fingerprint density at radius 1 is 1.11 bits per heavy atom. The van der Waals surface area contributed by atoms with Crippen LogP contribution in [0.25, 0.3) is 0 Å². The highest BCUT2D eigenvalue weighted by atomic mass is 35.5. The van der Waals surface area contributed by atoms with Crippen molar-refractivity contribution in [3.63, 3.8) is 0 Å². The summed E-state index contributed by atoms with van der Waals surface area (Å²) in [6.07, 6.45) is 0.524. The Balaban J connectivity index is 1.78. The standard InChI is InChI=1S/C34H37Cl2F2N3O3/c1-6-41-28(18-44-20-40-23-13-10-21(11-14-23)32(42)43-5)30(24-8-7-9-26(36)31(24)38)34(19-39,29(41)17-33(2,3)4)25-15-12-22(35)16-27(25)37/h7-16,28-30,40H,6,17-18,20H2,1-5H3. The number of hydrogen-bond acceptors (Lipinski definition) is 6. The molecule has 1 aliphatic rings. The average Bonchev–Trinajstić information content (AvgIpc) is 3.23. The summed E-state index contributed by atoms with van der Waals surface area (Å²) in [5.41, 5.74) is -0.241. The van der Waals surface area contributed by atoms with E-state index in [2.05, 4.69) is 37.1 Å². The number of likely N-dealkylation sites (tertiary alicyclic amines) is 1. The summed E-state index contributed by atoms with van der Waals surface area (Å²) in [7, 11) is 1.32. The highest BCUT2D eigenvalue weighted by Crippen LogP contribution is 2.56. The van der Waals surface area contributed by atoms with Crippen molar-refractivity contribution in [3.8, 4) is 6.07 Å². The van der Waals surface area contributed by atoms with Gasteiger partial charge in [-0.05, 0) is 66.4 Å². The number of carbonyl (C=O) groups is 1. The molecule has 1 N–H and O–H groups in total. The minimum atomic E-state index is -1.51. The van der Waals surface area contributed by atoms with Gasteiger partial charge >= 0.3 is 5.97 Å². The number of esters is 1. The molecule has 1 heterocycles. The fourth-order valence-corrected chi connectivity index (χ4v) is 6.79. The molecule has 1 saturated heterocycles. The third kappa shape index (κ3) is 6.72. The number of ether oxygens (including phenoxy) is 2. The van der Waals surface area contributed by atoms with Crippen LogP contribution in [0.1, 0.15) is 61.5 Å². The van der Waals surface area contributed by atoms with Crippen LogP contribution in [-0.2, 0) is 14.9 Å². The molecule has 0 bridgehead atoms. The van der Waals surface area contributed by atoms with Crippen molar-refractivity contribution in [2.75, 3.05) is 32.3 Å². The van der Waals surface area contributed by atoms with Crippen LogP contribution in [0.3, 0.4) is 0 Å². The van der Waals surface area contributed by atoms with Crippen molar-refractivity contribution in [2.45, 2.75) is 57.5 Å². The van der Waals surface area contributed by atoms with Gasteiger partial charge in [-0.15, -0.1) is 0 Å². The van der Waals surface area contributed by atoms with E-state index in [1.54, 1.807) is 48.5 Å². The highest BCUT2D eigenvalue weighted by molar-refractivity contribution is 6.31. The van der Waals surface area contributed by atoms with Crippen LogP contribution in [0.5, 0.6) is 0 Å². The van der Waals surface area contributed by atoms with Gasteiger partial charge in [0, 0.05) is 34.3 Å². The zero-order valence-electron chi connectivity index (χ0n) is 25.5. The molecule has 3 aromatic rings. The molecule has 0 saturated carbocycles. The predicted octanol–water partition coefficient (Wildman–Crippen LogP) is 8.20. The zero-order valence-corrected chi connectivity index (χ0v) is 27.0. The molecule has 0 radical (unpaired) electrons. The molecule has 0 spiro atoms. The molecule has 44 heavy (non-hydrogen) atoms. The number of likely N-dealkylation sites (N-methyl/N-ethyl adjacent to an activating group) is 1. The quantitative estimate of drug-likeness (QED) is 0.136. The third-order valence-corrected chi connectivity index (χ3v) is 8.78. The predicted molar refractivity (Wildman–Crippen MR) is 169 cm³/mol. The largest absolute Gasteiger partial charge is 0.465 e. The van der Waals surface area contributed by atoms with Gasteiger partial charge in [-0.25, -0.2) is 13.6 Å². The summed E-state index contributed by atoms with van der Waals surface area (Å²) in [5.74, 6) is -2.54. The topological polar surface area (TPSA) is 74.6 Å². The van der Waals surface area contributed by atoms with Gasteiger partial charge < -0.3 is 14.8 Å². The van der Waals surface area contributed by atoms with Crippen LogP contribution in [0.2, 0.25) is 10.0 Å².